The predicted octanol–water partition coefficient (Wildman–Crippen LogP) is 2.63. The largest absolute Gasteiger partial charge is 0.322 e. The van der Waals surface area contributed by atoms with Crippen LogP contribution in [0.4, 0.5) is 11.4 Å². The first-order valence-corrected chi connectivity index (χ1v) is 6.46. The molecule has 0 atom stereocenters. The van der Waals surface area contributed by atoms with E-state index in [-0.39, 0.29) is 11.3 Å². The minimum atomic E-state index is -2.59. The smallest absolute Gasteiger partial charge is 0.316 e. The van der Waals surface area contributed by atoms with E-state index in [1.54, 1.807) is 36.4 Å². The third kappa shape index (κ3) is 3.49. The van der Waals surface area contributed by atoms with Gasteiger partial charge in [0, 0.05) is 5.69 Å². The molecule has 0 saturated carbocycles. The third-order valence-electron chi connectivity index (χ3n) is 2.35. The fourth-order valence-electron chi connectivity index (χ4n) is 1.55. The number of hydrogen-bond acceptors (Lipinski definition) is 4. The van der Waals surface area contributed by atoms with Crippen LogP contribution >= 0.6 is 0 Å². The Hall–Kier alpha value is -2.47. The minimum Gasteiger partial charge on any atom is -0.322 e. The third-order valence-corrected chi connectivity index (χ3v) is 2.70. The van der Waals surface area contributed by atoms with Gasteiger partial charge in [-0.15, -0.1) is 4.36 Å². The van der Waals surface area contributed by atoms with Gasteiger partial charge in [-0.25, -0.2) is 0 Å². The molecule has 96 valence electrons. The zero-order chi connectivity index (χ0) is 13.7. The Morgan fingerprint density at radius 1 is 0.947 bits per heavy atom. The van der Waals surface area contributed by atoms with Crippen molar-refractivity contribution in [2.75, 3.05) is 5.32 Å². The normalized spacial score (nSPS) is 9.68. The van der Waals surface area contributed by atoms with Gasteiger partial charge >= 0.3 is 10.5 Å². The quantitative estimate of drug-likeness (QED) is 0.934. The van der Waals surface area contributed by atoms with E-state index in [1.165, 1.54) is 12.1 Å². The van der Waals surface area contributed by atoms with Gasteiger partial charge in [-0.3, -0.25) is 4.79 Å². The van der Waals surface area contributed by atoms with Crippen LogP contribution in [0, 0.1) is 0 Å². The molecule has 2 aromatic carbocycles. The van der Waals surface area contributed by atoms with E-state index in [0.29, 0.717) is 5.69 Å². The molecular formula is C13H10N2O3S. The summed E-state index contributed by atoms with van der Waals surface area (Å²) in [5, 5.41) is 2.67. The summed E-state index contributed by atoms with van der Waals surface area (Å²) in [6, 6.07) is 15.1. The van der Waals surface area contributed by atoms with Crippen LogP contribution in [0.2, 0.25) is 0 Å². The number of rotatable bonds is 3. The highest BCUT2D eigenvalue weighted by Gasteiger charge is 2.10. The van der Waals surface area contributed by atoms with Crippen molar-refractivity contribution < 1.29 is 13.2 Å². The van der Waals surface area contributed by atoms with Gasteiger partial charge in [0.1, 0.15) is 0 Å². The summed E-state index contributed by atoms with van der Waals surface area (Å²) < 4.78 is 24.6. The van der Waals surface area contributed by atoms with Crippen molar-refractivity contribution in [2.24, 2.45) is 4.36 Å². The monoisotopic (exact) mass is 274 g/mol. The second-order valence-corrected chi connectivity index (χ2v) is 4.26. The van der Waals surface area contributed by atoms with Crippen LogP contribution in [0.1, 0.15) is 10.4 Å². The van der Waals surface area contributed by atoms with Crippen LogP contribution in [0.3, 0.4) is 0 Å². The fraction of sp³-hybridized carbons (Fsp3) is 0. The van der Waals surface area contributed by atoms with Crippen LogP contribution in [0.15, 0.2) is 59.0 Å². The van der Waals surface area contributed by atoms with E-state index in [0.717, 1.165) is 0 Å². The highest BCUT2D eigenvalue weighted by molar-refractivity contribution is 7.61. The lowest BCUT2D eigenvalue weighted by atomic mass is 10.1. The standard InChI is InChI=1S/C13H10N2O3S/c16-13(14-10-6-2-1-3-7-10)11-8-4-5-9-12(11)15-19(17)18/h1-9H,(H,14,16). The molecule has 19 heavy (non-hydrogen) atoms. The molecule has 0 saturated heterocycles. The van der Waals surface area contributed by atoms with Gasteiger partial charge in [0.15, 0.2) is 0 Å². The highest BCUT2D eigenvalue weighted by Crippen LogP contribution is 2.20. The van der Waals surface area contributed by atoms with Gasteiger partial charge in [0.2, 0.25) is 0 Å². The Morgan fingerprint density at radius 3 is 2.26 bits per heavy atom. The van der Waals surface area contributed by atoms with Gasteiger partial charge in [0.25, 0.3) is 5.91 Å². The summed E-state index contributed by atoms with van der Waals surface area (Å²) in [6.07, 6.45) is 0. The van der Waals surface area contributed by atoms with Crippen molar-refractivity contribution in [2.45, 2.75) is 0 Å². The number of amides is 1. The molecule has 0 aromatic heterocycles. The molecular weight excluding hydrogens is 264 g/mol. The van der Waals surface area contributed by atoms with Crippen molar-refractivity contribution in [1.82, 2.24) is 0 Å². The molecule has 2 rings (SSSR count). The lowest BCUT2D eigenvalue weighted by Gasteiger charge is -2.06. The zero-order valence-electron chi connectivity index (χ0n) is 9.78. The van der Waals surface area contributed by atoms with E-state index >= 15 is 0 Å². The van der Waals surface area contributed by atoms with E-state index in [4.69, 9.17) is 0 Å². The summed E-state index contributed by atoms with van der Waals surface area (Å²) in [7, 11) is -2.59. The number of hydrogen-bond donors (Lipinski definition) is 1. The van der Waals surface area contributed by atoms with E-state index < -0.39 is 16.4 Å². The van der Waals surface area contributed by atoms with E-state index in [2.05, 4.69) is 9.68 Å². The maximum absolute atomic E-state index is 12.0. The van der Waals surface area contributed by atoms with Gasteiger partial charge < -0.3 is 5.32 Å². The van der Waals surface area contributed by atoms with Gasteiger partial charge in [-0.2, -0.15) is 8.42 Å². The Kier molecular flexibility index (Phi) is 4.04. The first kappa shape index (κ1) is 13.0. The summed E-state index contributed by atoms with van der Waals surface area (Å²) in [5.74, 6) is -0.406. The van der Waals surface area contributed by atoms with Crippen molar-refractivity contribution in [3.8, 4) is 0 Å². The van der Waals surface area contributed by atoms with Crippen LogP contribution in [-0.4, -0.2) is 14.3 Å². The van der Waals surface area contributed by atoms with Crippen molar-refractivity contribution >= 4 is 27.8 Å². The number of anilines is 1. The van der Waals surface area contributed by atoms with E-state index in [9.17, 15) is 13.2 Å². The fourth-order valence-corrected chi connectivity index (χ4v) is 1.87. The molecule has 0 fully saturated rings. The van der Waals surface area contributed by atoms with Crippen molar-refractivity contribution in [3.63, 3.8) is 0 Å². The Bertz CT molecular complexity index is 717. The molecule has 0 radical (unpaired) electrons. The molecule has 1 N–H and O–H groups in total. The van der Waals surface area contributed by atoms with Crippen LogP contribution in [0.5, 0.6) is 0 Å². The van der Waals surface area contributed by atoms with Crippen LogP contribution in [0.25, 0.3) is 0 Å². The Labute approximate surface area is 111 Å². The molecule has 2 aromatic rings. The molecule has 0 aliphatic heterocycles. The summed E-state index contributed by atoms with van der Waals surface area (Å²) in [4.78, 5) is 12.0. The molecule has 0 aliphatic carbocycles. The van der Waals surface area contributed by atoms with Crippen molar-refractivity contribution in [3.05, 3.63) is 60.2 Å². The van der Waals surface area contributed by atoms with Crippen molar-refractivity contribution in [1.29, 1.82) is 0 Å². The van der Waals surface area contributed by atoms with Gasteiger partial charge in [0.05, 0.1) is 11.3 Å². The number of benzene rings is 2. The SMILES string of the molecule is O=C(Nc1ccccc1)c1ccccc1N=S(=O)=O. The number of carbonyl (C=O) groups is 1. The molecule has 5 nitrogen and oxygen atoms in total. The minimum absolute atomic E-state index is 0.115. The average Bonchev–Trinajstić information content (AvgIpc) is 2.39. The zero-order valence-corrected chi connectivity index (χ0v) is 10.6. The summed E-state index contributed by atoms with van der Waals surface area (Å²) in [6.45, 7) is 0. The number of para-hydroxylation sites is 1. The second-order valence-electron chi connectivity index (χ2n) is 3.65. The second kappa shape index (κ2) is 5.92. The molecule has 1 amide bonds. The van der Waals surface area contributed by atoms with Crippen LogP contribution in [-0.2, 0) is 10.5 Å². The lowest BCUT2D eigenvalue weighted by Crippen LogP contribution is -2.11. The molecule has 6 heteroatoms. The maximum Gasteiger partial charge on any atom is 0.316 e. The average molecular weight is 274 g/mol. The van der Waals surface area contributed by atoms with Gasteiger partial charge in [-0.05, 0) is 24.3 Å². The topological polar surface area (TPSA) is 75.6 Å². The first-order valence-electron chi connectivity index (χ1n) is 5.43. The summed E-state index contributed by atoms with van der Waals surface area (Å²) >= 11 is 0. The first-order chi connectivity index (χ1) is 9.16. The lowest BCUT2D eigenvalue weighted by molar-refractivity contribution is 0.102. The van der Waals surface area contributed by atoms with Gasteiger partial charge in [-0.1, -0.05) is 30.3 Å². The molecule has 0 spiro atoms. The molecule has 0 unspecified atom stereocenters. The molecule has 0 bridgehead atoms. The number of carbonyl (C=O) groups excluding carboxylic acids is 1. The predicted molar refractivity (Wildman–Crippen MR) is 71.8 cm³/mol. The Morgan fingerprint density at radius 2 is 1.58 bits per heavy atom. The van der Waals surface area contributed by atoms with Crippen LogP contribution < -0.4 is 5.32 Å². The summed E-state index contributed by atoms with van der Waals surface area (Å²) in [5.41, 5.74) is 0.949. The number of nitrogens with zero attached hydrogens (tertiary/aromatic N) is 1. The molecule has 0 aliphatic rings. The molecule has 0 heterocycles. The van der Waals surface area contributed by atoms with E-state index in [1.807, 2.05) is 6.07 Å². The Balaban J connectivity index is 2.32. The highest BCUT2D eigenvalue weighted by atomic mass is 32.2. The number of nitrogens with one attached hydrogen (secondary N) is 1. The maximum atomic E-state index is 12.0.